The Labute approximate surface area is 232 Å². The lowest BCUT2D eigenvalue weighted by molar-refractivity contribution is 0.0636. The van der Waals surface area contributed by atoms with E-state index in [1.54, 1.807) is 49.3 Å². The van der Waals surface area contributed by atoms with Crippen molar-refractivity contribution in [1.82, 2.24) is 15.1 Å². The summed E-state index contributed by atoms with van der Waals surface area (Å²) in [6.45, 7) is 4.13. The van der Waals surface area contributed by atoms with Crippen molar-refractivity contribution in [2.24, 2.45) is 5.92 Å². The third-order valence-electron chi connectivity index (χ3n) is 6.98. The SMILES string of the molecule is CCOC(=O)Oc1ccc(C(=O)N2CCC(CNC(=O)c3ccc4c(c3)C(=O)N(CCCOC)C4=O)CC2)cc1. The quantitative estimate of drug-likeness (QED) is 0.206. The van der Waals surface area contributed by atoms with Crippen molar-refractivity contribution >= 4 is 29.8 Å². The van der Waals surface area contributed by atoms with Crippen LogP contribution in [0.25, 0.3) is 0 Å². The zero-order valence-electron chi connectivity index (χ0n) is 22.6. The largest absolute Gasteiger partial charge is 0.513 e. The van der Waals surface area contributed by atoms with Crippen molar-refractivity contribution in [3.8, 4) is 5.75 Å². The van der Waals surface area contributed by atoms with E-state index in [2.05, 4.69) is 5.32 Å². The summed E-state index contributed by atoms with van der Waals surface area (Å²) in [5.74, 6) is -0.692. The second-order valence-corrected chi connectivity index (χ2v) is 9.62. The highest BCUT2D eigenvalue weighted by Crippen LogP contribution is 2.25. The molecule has 2 aliphatic rings. The highest BCUT2D eigenvalue weighted by atomic mass is 16.7. The molecule has 2 aromatic rings. The predicted octanol–water partition coefficient (Wildman–Crippen LogP) is 3.14. The number of imide groups is 1. The van der Waals surface area contributed by atoms with Crippen LogP contribution in [0.5, 0.6) is 5.75 Å². The maximum atomic E-state index is 12.9. The fourth-order valence-electron chi connectivity index (χ4n) is 4.77. The number of nitrogens with zero attached hydrogens (tertiary/aromatic N) is 2. The van der Waals surface area contributed by atoms with Crippen molar-refractivity contribution in [2.75, 3.05) is 46.5 Å². The Bertz CT molecular complexity index is 1270. The van der Waals surface area contributed by atoms with E-state index in [0.717, 1.165) is 12.8 Å². The number of nitrogens with one attached hydrogen (secondary N) is 1. The summed E-state index contributed by atoms with van der Waals surface area (Å²) in [6.07, 6.45) is 1.20. The van der Waals surface area contributed by atoms with Gasteiger partial charge in [-0.2, -0.15) is 0 Å². The summed E-state index contributed by atoms with van der Waals surface area (Å²) in [7, 11) is 1.56. The normalized spacial score (nSPS) is 15.2. The van der Waals surface area contributed by atoms with Gasteiger partial charge in [0.05, 0.1) is 17.7 Å². The minimum Gasteiger partial charge on any atom is -0.434 e. The number of methoxy groups -OCH3 is 1. The molecule has 0 aliphatic carbocycles. The molecule has 1 N–H and O–H groups in total. The third kappa shape index (κ3) is 6.66. The second kappa shape index (κ2) is 13.2. The molecule has 1 saturated heterocycles. The summed E-state index contributed by atoms with van der Waals surface area (Å²) >= 11 is 0. The maximum Gasteiger partial charge on any atom is 0.513 e. The standard InChI is InChI=1S/C29H33N3O8/c1-3-39-29(37)40-22-8-5-20(6-9-22)26(34)31-14-11-19(12-15-31)18-30-25(33)21-7-10-23-24(17-21)28(36)32(27(23)35)13-4-16-38-2/h5-10,17,19H,3-4,11-16,18H2,1-2H3,(H,30,33). The maximum absolute atomic E-state index is 12.9. The Morgan fingerprint density at radius 2 is 1.62 bits per heavy atom. The summed E-state index contributed by atoms with van der Waals surface area (Å²) < 4.78 is 14.8. The summed E-state index contributed by atoms with van der Waals surface area (Å²) in [5, 5.41) is 2.93. The van der Waals surface area contributed by atoms with Crippen LogP contribution < -0.4 is 10.1 Å². The van der Waals surface area contributed by atoms with Gasteiger partial charge in [-0.25, -0.2) is 4.79 Å². The first kappa shape index (κ1) is 28.8. The number of piperidine rings is 1. The van der Waals surface area contributed by atoms with Gasteiger partial charge in [0, 0.05) is 51.0 Å². The molecule has 4 amide bonds. The number of amides is 4. The van der Waals surface area contributed by atoms with Gasteiger partial charge in [-0.05, 0) is 74.6 Å². The minimum atomic E-state index is -0.795. The Kier molecular flexibility index (Phi) is 9.49. The smallest absolute Gasteiger partial charge is 0.434 e. The lowest BCUT2D eigenvalue weighted by Gasteiger charge is -2.32. The molecule has 2 aliphatic heterocycles. The molecular formula is C29H33N3O8. The van der Waals surface area contributed by atoms with Crippen LogP contribution in [0.2, 0.25) is 0 Å². The predicted molar refractivity (Wildman–Crippen MR) is 143 cm³/mol. The fraction of sp³-hybridized carbons (Fsp3) is 0.414. The van der Waals surface area contributed by atoms with Crippen molar-refractivity contribution in [3.63, 3.8) is 0 Å². The van der Waals surface area contributed by atoms with E-state index < -0.39 is 12.1 Å². The summed E-state index contributed by atoms with van der Waals surface area (Å²) in [4.78, 5) is 65.4. The van der Waals surface area contributed by atoms with Crippen LogP contribution in [0.3, 0.4) is 0 Å². The number of likely N-dealkylation sites (tertiary alicyclic amines) is 1. The molecular weight excluding hydrogens is 518 g/mol. The Balaban J connectivity index is 1.25. The average Bonchev–Trinajstić information content (AvgIpc) is 3.20. The van der Waals surface area contributed by atoms with Crippen LogP contribution in [0.1, 0.15) is 67.6 Å². The van der Waals surface area contributed by atoms with Gasteiger partial charge in [0.1, 0.15) is 5.75 Å². The number of carbonyl (C=O) groups excluding carboxylic acids is 5. The van der Waals surface area contributed by atoms with Gasteiger partial charge in [0.2, 0.25) is 0 Å². The minimum absolute atomic E-state index is 0.112. The van der Waals surface area contributed by atoms with Crippen LogP contribution in [0, 0.1) is 5.92 Å². The van der Waals surface area contributed by atoms with Gasteiger partial charge in [0.25, 0.3) is 23.6 Å². The number of ether oxygens (including phenoxy) is 3. The van der Waals surface area contributed by atoms with E-state index in [1.807, 2.05) is 0 Å². The van der Waals surface area contributed by atoms with Crippen molar-refractivity contribution < 1.29 is 38.2 Å². The van der Waals surface area contributed by atoms with Crippen molar-refractivity contribution in [3.05, 3.63) is 64.7 Å². The summed E-state index contributed by atoms with van der Waals surface area (Å²) in [6, 6.07) is 10.9. The van der Waals surface area contributed by atoms with Gasteiger partial charge in [-0.15, -0.1) is 0 Å². The Morgan fingerprint density at radius 3 is 2.30 bits per heavy atom. The van der Waals surface area contributed by atoms with E-state index in [1.165, 1.54) is 17.0 Å². The van der Waals surface area contributed by atoms with Gasteiger partial charge in [-0.3, -0.25) is 24.1 Å². The van der Waals surface area contributed by atoms with E-state index in [-0.39, 0.29) is 42.4 Å². The average molecular weight is 552 g/mol. The second-order valence-electron chi connectivity index (χ2n) is 9.62. The molecule has 0 bridgehead atoms. The van der Waals surface area contributed by atoms with E-state index in [4.69, 9.17) is 14.2 Å². The molecule has 0 spiro atoms. The Hall–Kier alpha value is -4.25. The van der Waals surface area contributed by atoms with Crippen LogP contribution in [-0.2, 0) is 9.47 Å². The molecule has 2 aromatic carbocycles. The zero-order valence-corrected chi connectivity index (χ0v) is 22.6. The first-order valence-electron chi connectivity index (χ1n) is 13.3. The number of carbonyl (C=O) groups is 5. The number of hydrogen-bond acceptors (Lipinski definition) is 8. The molecule has 4 rings (SSSR count). The number of benzene rings is 2. The van der Waals surface area contributed by atoms with Gasteiger partial charge in [0.15, 0.2) is 0 Å². The lowest BCUT2D eigenvalue weighted by Crippen LogP contribution is -2.41. The molecule has 40 heavy (non-hydrogen) atoms. The van der Waals surface area contributed by atoms with Crippen LogP contribution in [-0.4, -0.2) is 86.1 Å². The lowest BCUT2D eigenvalue weighted by atomic mass is 9.96. The first-order chi connectivity index (χ1) is 19.3. The van der Waals surface area contributed by atoms with Gasteiger partial charge < -0.3 is 24.4 Å². The molecule has 0 radical (unpaired) electrons. The highest BCUT2D eigenvalue weighted by molar-refractivity contribution is 6.22. The molecule has 0 atom stereocenters. The fourth-order valence-corrected chi connectivity index (χ4v) is 4.77. The monoisotopic (exact) mass is 551 g/mol. The zero-order chi connectivity index (χ0) is 28.6. The topological polar surface area (TPSA) is 132 Å². The van der Waals surface area contributed by atoms with Crippen LogP contribution >= 0.6 is 0 Å². The van der Waals surface area contributed by atoms with Crippen molar-refractivity contribution in [1.29, 1.82) is 0 Å². The summed E-state index contributed by atoms with van der Waals surface area (Å²) in [5.41, 5.74) is 1.35. The van der Waals surface area contributed by atoms with Crippen LogP contribution in [0.4, 0.5) is 4.79 Å². The Morgan fingerprint density at radius 1 is 0.950 bits per heavy atom. The molecule has 0 saturated carbocycles. The van der Waals surface area contributed by atoms with Crippen LogP contribution in [0.15, 0.2) is 42.5 Å². The molecule has 11 heteroatoms. The molecule has 212 valence electrons. The van der Waals surface area contributed by atoms with E-state index >= 15 is 0 Å². The molecule has 0 aromatic heterocycles. The van der Waals surface area contributed by atoms with Gasteiger partial charge >= 0.3 is 6.16 Å². The van der Waals surface area contributed by atoms with E-state index in [9.17, 15) is 24.0 Å². The molecule has 0 unspecified atom stereocenters. The first-order valence-corrected chi connectivity index (χ1v) is 13.3. The molecule has 11 nitrogen and oxygen atoms in total. The van der Waals surface area contributed by atoms with Crippen molar-refractivity contribution in [2.45, 2.75) is 26.2 Å². The number of fused-ring (bicyclic) bond motifs is 1. The number of hydrogen-bond donors (Lipinski definition) is 1. The molecule has 2 heterocycles. The molecule has 1 fully saturated rings. The third-order valence-corrected chi connectivity index (χ3v) is 6.98. The van der Waals surface area contributed by atoms with Gasteiger partial charge in [-0.1, -0.05) is 0 Å². The van der Waals surface area contributed by atoms with E-state index in [0.29, 0.717) is 55.1 Å². The number of rotatable bonds is 10. The highest BCUT2D eigenvalue weighted by Gasteiger charge is 2.35.